The molecule has 6 N–H and O–H groups in total. The van der Waals surface area contributed by atoms with Gasteiger partial charge in [0.25, 0.3) is 5.91 Å². The van der Waals surface area contributed by atoms with Crippen LogP contribution in [0.5, 0.6) is 5.75 Å². The molecule has 0 spiro atoms. The highest BCUT2D eigenvalue weighted by Gasteiger charge is 2.47. The Hall–Kier alpha value is -6.89. The Balaban J connectivity index is 0.779. The van der Waals surface area contributed by atoms with Gasteiger partial charge in [0.05, 0.1) is 31.3 Å². The van der Waals surface area contributed by atoms with Crippen LogP contribution in [0.2, 0.25) is 0 Å². The fourth-order valence-corrected chi connectivity index (χ4v) is 12.4. The largest absolute Gasteiger partial charge is 0.496 e. The summed E-state index contributed by atoms with van der Waals surface area (Å²) >= 11 is 0. The molecule has 16 nitrogen and oxygen atoms in total. The van der Waals surface area contributed by atoms with Crippen molar-refractivity contribution in [1.82, 2.24) is 30.1 Å². The fourth-order valence-electron chi connectivity index (χ4n) is 12.4. The summed E-state index contributed by atoms with van der Waals surface area (Å²) in [6, 6.07) is 21.7. The van der Waals surface area contributed by atoms with Gasteiger partial charge in [-0.05, 0) is 105 Å². The lowest BCUT2D eigenvalue weighted by Gasteiger charge is -2.43. The maximum Gasteiger partial charge on any atom is 0.267 e. The highest BCUT2D eigenvalue weighted by Crippen LogP contribution is 2.43. The summed E-state index contributed by atoms with van der Waals surface area (Å²) in [5.74, 6) is 6.74. The molecule has 0 saturated carbocycles. The number of hydrogen-bond acceptors (Lipinski definition) is 13. The average molecular weight is 1040 g/mol. The minimum absolute atomic E-state index is 0.0963. The van der Waals surface area contributed by atoms with Crippen molar-refractivity contribution in [3.8, 4) is 16.9 Å². The van der Waals surface area contributed by atoms with Crippen LogP contribution < -0.4 is 41.2 Å². The molecule has 10 rings (SSSR count). The number of nitrogens with zero attached hydrogens (tertiary/aromatic N) is 8. The number of aromatic nitrogens is 2. The number of anilines is 4. The SMILES string of the molecule is CNC(=O)c1cc2c(-c3ccc(N4CCN(CCOCCC5CN(c6cc(N7CCCCC7)ccn6)C6CCCN(c7cccc(F)c7)C56)CC4)cc3OC)cc(C3=CCCN(C(=O)CCN(N)/C=C\N)C3)c(F)c2[nH]1. The maximum atomic E-state index is 16.7. The van der Waals surface area contributed by atoms with Gasteiger partial charge in [0, 0.05) is 169 Å². The number of nitrogens with one attached hydrogen (secondary N) is 2. The van der Waals surface area contributed by atoms with Gasteiger partial charge in [0.15, 0.2) is 5.82 Å². The number of H-pyrrole nitrogens is 1. The Morgan fingerprint density at radius 3 is 2.47 bits per heavy atom. The van der Waals surface area contributed by atoms with Crippen molar-refractivity contribution in [3.63, 3.8) is 0 Å². The van der Waals surface area contributed by atoms with E-state index in [0.717, 1.165) is 101 Å². The highest BCUT2D eigenvalue weighted by atomic mass is 19.1. The van der Waals surface area contributed by atoms with Gasteiger partial charge in [-0.1, -0.05) is 12.1 Å². The molecule has 2 amide bonds. The number of hydrazine groups is 1. The molecule has 2 aromatic heterocycles. The van der Waals surface area contributed by atoms with E-state index >= 15 is 4.39 Å². The monoisotopic (exact) mass is 1040 g/mol. The van der Waals surface area contributed by atoms with Crippen LogP contribution in [0.1, 0.15) is 67.4 Å². The third kappa shape index (κ3) is 11.4. The zero-order valence-electron chi connectivity index (χ0n) is 44.1. The standard InChI is InChI=1S/C58H74F2N12O4/c1-63-58(74)50-37-49-48(36-47(55(60)56(49)65-50)40-9-7-22-69(38-40)54(73)16-24-70(62)25-18-61)46-14-13-43(34-52(46)75-2)68-28-26-66(27-29-68)30-32-76-31-17-41-39-72(53-35-44(15-19-64-53)67-20-4-3-5-21-67)51-12-8-23-71(57(41)51)45-11-6-10-42(59)33-45/h6,9-11,13-15,18-19,25,33-37,41,51,57,65H,3-5,7-8,12,16-17,20-24,26-32,38-39,61-62H2,1-2H3,(H,63,74)/b25-18-. The molecule has 4 fully saturated rings. The van der Waals surface area contributed by atoms with E-state index in [2.05, 4.69) is 59.1 Å². The van der Waals surface area contributed by atoms with Crippen LogP contribution in [-0.2, 0) is 9.53 Å². The number of fused-ring (bicyclic) bond motifs is 2. The summed E-state index contributed by atoms with van der Waals surface area (Å²) in [5.41, 5.74) is 11.6. The van der Waals surface area contributed by atoms with Crippen molar-refractivity contribution in [2.45, 2.75) is 63.5 Å². The first kappa shape index (κ1) is 52.5. The Morgan fingerprint density at radius 2 is 1.68 bits per heavy atom. The molecule has 5 aliphatic rings. The van der Waals surface area contributed by atoms with E-state index in [9.17, 15) is 14.0 Å². The number of aromatic amines is 1. The molecule has 76 heavy (non-hydrogen) atoms. The number of piperazine rings is 1. The van der Waals surface area contributed by atoms with Gasteiger partial charge >= 0.3 is 0 Å². The molecule has 7 heterocycles. The van der Waals surface area contributed by atoms with E-state index in [1.165, 1.54) is 55.5 Å². The molecular formula is C58H74F2N12O4. The van der Waals surface area contributed by atoms with Gasteiger partial charge in [-0.2, -0.15) is 0 Å². The maximum absolute atomic E-state index is 16.7. The number of piperidine rings is 2. The summed E-state index contributed by atoms with van der Waals surface area (Å²) in [6.07, 6.45) is 14.3. The minimum Gasteiger partial charge on any atom is -0.496 e. The molecule has 0 radical (unpaired) electrons. The predicted molar refractivity (Wildman–Crippen MR) is 297 cm³/mol. The zero-order valence-corrected chi connectivity index (χ0v) is 44.1. The average Bonchev–Trinajstić information content (AvgIpc) is 4.09. The van der Waals surface area contributed by atoms with Crippen LogP contribution in [0.25, 0.3) is 27.6 Å². The van der Waals surface area contributed by atoms with Gasteiger partial charge < -0.3 is 55.0 Å². The number of halogens is 2. The Morgan fingerprint density at radius 1 is 0.868 bits per heavy atom. The topological polar surface area (TPSA) is 168 Å². The van der Waals surface area contributed by atoms with Crippen molar-refractivity contribution in [2.24, 2.45) is 17.5 Å². The molecule has 5 aliphatic heterocycles. The Labute approximate surface area is 445 Å². The van der Waals surface area contributed by atoms with Gasteiger partial charge in [0.1, 0.15) is 23.1 Å². The van der Waals surface area contributed by atoms with E-state index in [1.807, 2.05) is 36.5 Å². The molecule has 3 aromatic carbocycles. The first-order valence-electron chi connectivity index (χ1n) is 27.3. The van der Waals surface area contributed by atoms with E-state index in [0.29, 0.717) is 59.9 Å². The molecule has 18 heteroatoms. The van der Waals surface area contributed by atoms with Crippen LogP contribution in [0.4, 0.5) is 31.7 Å². The van der Waals surface area contributed by atoms with Crippen molar-refractivity contribution in [2.75, 3.05) is 126 Å². The molecular weight excluding hydrogens is 967 g/mol. The number of nitrogens with two attached hydrogens (primary N) is 2. The number of carbonyl (C=O) groups is 2. The lowest BCUT2D eigenvalue weighted by molar-refractivity contribution is -0.130. The summed E-state index contributed by atoms with van der Waals surface area (Å²) in [4.78, 5) is 48.2. The first-order chi connectivity index (χ1) is 37.1. The zero-order chi connectivity index (χ0) is 52.7. The van der Waals surface area contributed by atoms with Crippen molar-refractivity contribution in [1.29, 1.82) is 0 Å². The third-order valence-corrected chi connectivity index (χ3v) is 16.3. The number of methoxy groups -OCH3 is 1. The second kappa shape index (κ2) is 24.0. The third-order valence-electron chi connectivity index (χ3n) is 16.3. The van der Waals surface area contributed by atoms with Gasteiger partial charge in [0.2, 0.25) is 5.91 Å². The second-order valence-corrected chi connectivity index (χ2v) is 20.8. The molecule has 5 aromatic rings. The van der Waals surface area contributed by atoms with Crippen molar-refractivity contribution < 1.29 is 27.8 Å². The normalized spacial score (nSPS) is 20.4. The van der Waals surface area contributed by atoms with Gasteiger partial charge in [-0.15, -0.1) is 0 Å². The molecule has 0 bridgehead atoms. The Bertz CT molecular complexity index is 2900. The minimum atomic E-state index is -0.496. The predicted octanol–water partition coefficient (Wildman–Crippen LogP) is 7.18. The number of rotatable bonds is 18. The van der Waals surface area contributed by atoms with Crippen LogP contribution in [0, 0.1) is 17.6 Å². The van der Waals surface area contributed by atoms with Crippen molar-refractivity contribution >= 4 is 51.2 Å². The number of hydrogen-bond donors (Lipinski definition) is 4. The Kier molecular flexibility index (Phi) is 16.6. The van der Waals surface area contributed by atoms with E-state index in [-0.39, 0.29) is 60.4 Å². The fraction of sp³-hybridized carbons (Fsp3) is 0.466. The van der Waals surface area contributed by atoms with Crippen LogP contribution in [-0.4, -0.2) is 155 Å². The number of carbonyl (C=O) groups excluding carboxylic acids is 2. The lowest BCUT2D eigenvalue weighted by Crippen LogP contribution is -2.52. The summed E-state index contributed by atoms with van der Waals surface area (Å²) in [5, 5.41) is 4.55. The quantitative estimate of drug-likeness (QED) is 0.0396. The van der Waals surface area contributed by atoms with E-state index in [1.54, 1.807) is 24.1 Å². The van der Waals surface area contributed by atoms with Crippen LogP contribution in [0.3, 0.4) is 0 Å². The number of benzene rings is 3. The first-order valence-corrected chi connectivity index (χ1v) is 27.3. The van der Waals surface area contributed by atoms with E-state index < -0.39 is 5.82 Å². The number of ether oxygens (including phenoxy) is 2. The number of amides is 2. The lowest BCUT2D eigenvalue weighted by atomic mass is 9.88. The second-order valence-electron chi connectivity index (χ2n) is 20.8. The molecule has 3 unspecified atom stereocenters. The van der Waals surface area contributed by atoms with Crippen LogP contribution in [0.15, 0.2) is 91.4 Å². The molecule has 404 valence electrons. The van der Waals surface area contributed by atoms with Crippen LogP contribution >= 0.6 is 0 Å². The summed E-state index contributed by atoms with van der Waals surface area (Å²) < 4.78 is 43.9. The smallest absolute Gasteiger partial charge is 0.267 e. The number of pyridine rings is 1. The van der Waals surface area contributed by atoms with Gasteiger partial charge in [-0.3, -0.25) is 14.5 Å². The molecule has 3 atom stereocenters. The molecule has 4 saturated heterocycles. The highest BCUT2D eigenvalue weighted by molar-refractivity contribution is 6.05. The summed E-state index contributed by atoms with van der Waals surface area (Å²) in [7, 11) is 3.17. The molecule has 0 aliphatic carbocycles. The van der Waals surface area contributed by atoms with Gasteiger partial charge in [-0.25, -0.2) is 19.6 Å². The summed E-state index contributed by atoms with van der Waals surface area (Å²) in [6.45, 7) is 10.5. The van der Waals surface area contributed by atoms with Crippen molar-refractivity contribution in [3.05, 3.63) is 114 Å². The van der Waals surface area contributed by atoms with E-state index in [4.69, 9.17) is 26.0 Å².